The summed E-state index contributed by atoms with van der Waals surface area (Å²) in [5, 5.41) is 10.5. The Morgan fingerprint density at radius 1 is 1.00 bits per heavy atom. The predicted molar refractivity (Wildman–Crippen MR) is 79.8 cm³/mol. The Hall–Kier alpha value is -1.31. The molecule has 1 N–H and O–H groups in total. The van der Waals surface area contributed by atoms with E-state index >= 15 is 0 Å². The summed E-state index contributed by atoms with van der Waals surface area (Å²) < 4.78 is 0. The van der Waals surface area contributed by atoms with Crippen LogP contribution in [0.15, 0.2) is 12.1 Å². The van der Waals surface area contributed by atoms with Crippen LogP contribution in [0.5, 0.6) is 5.75 Å². The Balaban J connectivity index is 3.62. The number of hydrogen-bond acceptors (Lipinski definition) is 2. The highest BCUT2D eigenvalue weighted by Crippen LogP contribution is 2.39. The monoisotopic (exact) mass is 261 g/mol. The Labute approximate surface area is 116 Å². The molecule has 0 unspecified atom stereocenters. The minimum Gasteiger partial charge on any atom is -0.507 e. The van der Waals surface area contributed by atoms with Gasteiger partial charge in [0.25, 0.3) is 0 Å². The van der Waals surface area contributed by atoms with Gasteiger partial charge in [-0.25, -0.2) is 0 Å². The van der Waals surface area contributed by atoms with Crippen LogP contribution >= 0.6 is 0 Å². The molecule has 1 aromatic rings. The van der Waals surface area contributed by atoms with E-state index in [0.29, 0.717) is 11.3 Å². The van der Waals surface area contributed by atoms with Crippen LogP contribution in [0.2, 0.25) is 0 Å². The van der Waals surface area contributed by atoms with Gasteiger partial charge in [0.15, 0.2) is 5.78 Å². The fourth-order valence-corrected chi connectivity index (χ4v) is 2.09. The molecule has 0 heterocycles. The minimum atomic E-state index is -0.200. The first-order valence-electron chi connectivity index (χ1n) is 6.70. The van der Waals surface area contributed by atoms with Crippen LogP contribution in [-0.2, 0) is 10.8 Å². The molecule has 19 heavy (non-hydrogen) atoms. The first-order chi connectivity index (χ1) is 8.48. The number of aromatic hydroxyl groups is 1. The molecule has 0 aromatic heterocycles. The summed E-state index contributed by atoms with van der Waals surface area (Å²) in [6, 6.07) is 3.62. The molecule has 2 nitrogen and oxygen atoms in total. The smallest absolute Gasteiger partial charge is 0.166 e. The Morgan fingerprint density at radius 3 is 1.63 bits per heavy atom. The summed E-state index contributed by atoms with van der Waals surface area (Å²) in [7, 11) is 0. The summed E-state index contributed by atoms with van der Waals surface area (Å²) in [6.07, 6.45) is 1.56. The standard InChI is InChI=1S/C17H25O2/c1-8-14(18)11-9-12(16(2,3)4)15(19)13(10-11)17(5,6)7/h8-10,19H,1-7H3. The second-order valence-electron chi connectivity index (χ2n) is 7.07. The number of phenols is 1. The number of hydrogen-bond donors (Lipinski definition) is 1. The highest BCUT2D eigenvalue weighted by molar-refractivity contribution is 6.02. The maximum absolute atomic E-state index is 11.9. The van der Waals surface area contributed by atoms with Crippen molar-refractivity contribution in [2.24, 2.45) is 0 Å². The second kappa shape index (κ2) is 4.99. The molecular weight excluding hydrogens is 236 g/mol. The zero-order chi connectivity index (χ0) is 15.0. The van der Waals surface area contributed by atoms with Gasteiger partial charge in [-0.1, -0.05) is 48.5 Å². The van der Waals surface area contributed by atoms with Crippen LogP contribution < -0.4 is 0 Å². The molecule has 0 aliphatic carbocycles. The normalized spacial score (nSPS) is 12.6. The van der Waals surface area contributed by atoms with E-state index in [-0.39, 0.29) is 16.6 Å². The highest BCUT2D eigenvalue weighted by atomic mass is 16.3. The van der Waals surface area contributed by atoms with E-state index in [1.807, 2.05) is 53.7 Å². The average Bonchev–Trinajstić information content (AvgIpc) is 2.25. The topological polar surface area (TPSA) is 37.3 Å². The molecule has 0 spiro atoms. The van der Waals surface area contributed by atoms with Crippen molar-refractivity contribution >= 4 is 5.78 Å². The van der Waals surface area contributed by atoms with Gasteiger partial charge in [0.05, 0.1) is 0 Å². The van der Waals surface area contributed by atoms with Crippen molar-refractivity contribution in [2.45, 2.75) is 59.3 Å². The quantitative estimate of drug-likeness (QED) is 0.801. The molecule has 2 heteroatoms. The fraction of sp³-hybridized carbons (Fsp3) is 0.529. The van der Waals surface area contributed by atoms with Crippen LogP contribution in [0.1, 0.15) is 70.0 Å². The van der Waals surface area contributed by atoms with Gasteiger partial charge in [0, 0.05) is 23.1 Å². The maximum Gasteiger partial charge on any atom is 0.166 e. The van der Waals surface area contributed by atoms with Crippen molar-refractivity contribution in [1.29, 1.82) is 0 Å². The van der Waals surface area contributed by atoms with E-state index in [1.165, 1.54) is 0 Å². The first kappa shape index (κ1) is 15.7. The second-order valence-corrected chi connectivity index (χ2v) is 7.07. The van der Waals surface area contributed by atoms with Gasteiger partial charge in [0.1, 0.15) is 5.75 Å². The molecule has 0 bridgehead atoms. The van der Waals surface area contributed by atoms with Crippen molar-refractivity contribution in [3.8, 4) is 5.75 Å². The molecule has 0 saturated carbocycles. The van der Waals surface area contributed by atoms with Crippen LogP contribution in [0.4, 0.5) is 0 Å². The van der Waals surface area contributed by atoms with Gasteiger partial charge < -0.3 is 5.11 Å². The van der Waals surface area contributed by atoms with E-state index in [9.17, 15) is 9.90 Å². The van der Waals surface area contributed by atoms with E-state index in [4.69, 9.17) is 0 Å². The van der Waals surface area contributed by atoms with E-state index in [0.717, 1.165) is 11.1 Å². The maximum atomic E-state index is 11.9. The lowest BCUT2D eigenvalue weighted by atomic mass is 9.78. The third kappa shape index (κ3) is 3.37. The molecule has 0 saturated heterocycles. The molecule has 105 valence electrons. The Kier molecular flexibility index (Phi) is 4.14. The molecule has 0 aliphatic rings. The number of carbonyl (C=O) groups is 1. The molecule has 1 rings (SSSR count). The number of phenolic OH excluding ortho intramolecular Hbond substituents is 1. The lowest BCUT2D eigenvalue weighted by molar-refractivity contribution is 0.103. The number of rotatable bonds is 2. The SMILES string of the molecule is C[CH]C(=O)c1cc(C(C)(C)C)c(O)c(C(C)(C)C)c1. The van der Waals surface area contributed by atoms with Gasteiger partial charge in [-0.05, 0) is 23.0 Å². The Bertz CT molecular complexity index is 450. The van der Waals surface area contributed by atoms with Crippen LogP contribution in [0.3, 0.4) is 0 Å². The van der Waals surface area contributed by atoms with Crippen LogP contribution in [0, 0.1) is 6.42 Å². The van der Waals surface area contributed by atoms with Crippen molar-refractivity contribution in [3.05, 3.63) is 35.2 Å². The van der Waals surface area contributed by atoms with Crippen molar-refractivity contribution in [2.75, 3.05) is 0 Å². The van der Waals surface area contributed by atoms with Crippen molar-refractivity contribution in [1.82, 2.24) is 0 Å². The Morgan fingerprint density at radius 2 is 1.37 bits per heavy atom. The van der Waals surface area contributed by atoms with Gasteiger partial charge in [0.2, 0.25) is 0 Å². The van der Waals surface area contributed by atoms with Gasteiger partial charge in [-0.2, -0.15) is 0 Å². The highest BCUT2D eigenvalue weighted by Gasteiger charge is 2.27. The minimum absolute atomic E-state index is 0.00370. The van der Waals surface area contributed by atoms with Crippen molar-refractivity contribution in [3.63, 3.8) is 0 Å². The zero-order valence-corrected chi connectivity index (χ0v) is 13.1. The molecular formula is C17H25O2. The van der Waals surface area contributed by atoms with E-state index in [2.05, 4.69) is 0 Å². The lowest BCUT2D eigenvalue weighted by Crippen LogP contribution is -2.18. The summed E-state index contributed by atoms with van der Waals surface area (Å²) in [5.74, 6) is 0.309. The summed E-state index contributed by atoms with van der Waals surface area (Å²) >= 11 is 0. The van der Waals surface area contributed by atoms with Gasteiger partial charge in [-0.3, -0.25) is 4.79 Å². The number of ketones is 1. The van der Waals surface area contributed by atoms with Crippen molar-refractivity contribution < 1.29 is 9.90 Å². The third-order valence-corrected chi connectivity index (χ3v) is 3.27. The van der Waals surface area contributed by atoms with Gasteiger partial charge in [-0.15, -0.1) is 0 Å². The molecule has 1 radical (unpaired) electrons. The molecule has 0 atom stereocenters. The molecule has 0 fully saturated rings. The first-order valence-corrected chi connectivity index (χ1v) is 6.70. The molecule has 0 aliphatic heterocycles. The summed E-state index contributed by atoms with van der Waals surface area (Å²) in [5.41, 5.74) is 1.90. The van der Waals surface area contributed by atoms with E-state index < -0.39 is 0 Å². The summed E-state index contributed by atoms with van der Waals surface area (Å²) in [4.78, 5) is 11.9. The van der Waals surface area contributed by atoms with Crippen LogP contribution in [-0.4, -0.2) is 10.9 Å². The van der Waals surface area contributed by atoms with E-state index in [1.54, 1.807) is 13.3 Å². The predicted octanol–water partition coefficient (Wildman–Crippen LogP) is 4.39. The third-order valence-electron chi connectivity index (χ3n) is 3.27. The van der Waals surface area contributed by atoms with Crippen LogP contribution in [0.25, 0.3) is 0 Å². The fourth-order valence-electron chi connectivity index (χ4n) is 2.09. The molecule has 1 aromatic carbocycles. The lowest BCUT2D eigenvalue weighted by Gasteiger charge is -2.28. The zero-order valence-electron chi connectivity index (χ0n) is 13.1. The number of benzene rings is 1. The van der Waals surface area contributed by atoms with Gasteiger partial charge >= 0.3 is 0 Å². The largest absolute Gasteiger partial charge is 0.507 e. The number of carbonyl (C=O) groups excluding carboxylic acids is 1. The molecule has 0 amide bonds. The average molecular weight is 261 g/mol. The number of Topliss-reactive ketones (excluding diaryl/α,β-unsaturated/α-hetero) is 1. The summed E-state index contributed by atoms with van der Waals surface area (Å²) in [6.45, 7) is 14.0.